The molecule has 27 heavy (non-hydrogen) atoms. The van der Waals surface area contributed by atoms with Crippen molar-refractivity contribution in [2.75, 3.05) is 17.4 Å². The summed E-state index contributed by atoms with van der Waals surface area (Å²) in [6.45, 7) is 1.76. The van der Waals surface area contributed by atoms with Crippen molar-refractivity contribution in [3.63, 3.8) is 0 Å². The second-order valence-corrected chi connectivity index (χ2v) is 9.34. The van der Waals surface area contributed by atoms with Gasteiger partial charge in [0, 0.05) is 24.9 Å². The van der Waals surface area contributed by atoms with Crippen LogP contribution in [0.4, 0.5) is 18.9 Å². The molecule has 1 aromatic carbocycles. The van der Waals surface area contributed by atoms with Crippen molar-refractivity contribution >= 4 is 33.0 Å². The summed E-state index contributed by atoms with van der Waals surface area (Å²) in [7, 11) is -3.94. The lowest BCUT2D eigenvalue weighted by atomic mass is 10.0. The Balaban J connectivity index is 1.86. The molecule has 0 fully saturated rings. The number of sulfonamides is 1. The topological polar surface area (TPSA) is 66.5 Å². The van der Waals surface area contributed by atoms with E-state index in [1.807, 2.05) is 0 Å². The summed E-state index contributed by atoms with van der Waals surface area (Å²) in [6.07, 6.45) is -4.02. The highest BCUT2D eigenvalue weighted by Gasteiger charge is 2.39. The van der Waals surface area contributed by atoms with E-state index in [1.54, 1.807) is 6.07 Å². The third-order valence-corrected chi connectivity index (χ3v) is 7.64. The van der Waals surface area contributed by atoms with E-state index in [4.69, 9.17) is 0 Å². The van der Waals surface area contributed by atoms with Crippen molar-refractivity contribution in [3.05, 3.63) is 46.3 Å². The number of carbonyl (C=O) groups is 1. The smallest absolute Gasteiger partial charge is 0.356 e. The Labute approximate surface area is 158 Å². The van der Waals surface area contributed by atoms with Gasteiger partial charge in [0.25, 0.3) is 10.0 Å². The second-order valence-electron chi connectivity index (χ2n) is 6.08. The third kappa shape index (κ3) is 3.96. The first-order chi connectivity index (χ1) is 12.6. The number of halogens is 3. The fourth-order valence-corrected chi connectivity index (χ4v) is 5.99. The number of anilines is 1. The molecule has 0 bridgehead atoms. The lowest BCUT2D eigenvalue weighted by Gasteiger charge is -2.19. The van der Waals surface area contributed by atoms with Crippen LogP contribution in [0.15, 0.2) is 34.5 Å². The van der Waals surface area contributed by atoms with E-state index in [0.29, 0.717) is 13.0 Å². The monoisotopic (exact) mass is 418 g/mol. The summed E-state index contributed by atoms with van der Waals surface area (Å²) in [5.41, 5.74) is -0.700. The van der Waals surface area contributed by atoms with Crippen LogP contribution in [0, 0.1) is 0 Å². The Hall–Kier alpha value is -2.07. The maximum absolute atomic E-state index is 13.2. The molecule has 1 amide bonds. The maximum Gasteiger partial charge on any atom is 0.416 e. The zero-order chi connectivity index (χ0) is 19.8. The molecule has 0 saturated heterocycles. The molecule has 0 unspecified atom stereocenters. The molecule has 1 aliphatic rings. The average molecular weight is 418 g/mol. The summed E-state index contributed by atoms with van der Waals surface area (Å²) in [5, 5.41) is 2.63. The van der Waals surface area contributed by atoms with E-state index in [2.05, 4.69) is 5.32 Å². The number of nitrogens with zero attached hydrogens (tertiary/aromatic N) is 1. The lowest BCUT2D eigenvalue weighted by Crippen LogP contribution is -2.28. The number of benzene rings is 1. The van der Waals surface area contributed by atoms with Crippen LogP contribution in [0.5, 0.6) is 0 Å². The van der Waals surface area contributed by atoms with Gasteiger partial charge in [0.15, 0.2) is 0 Å². The quantitative estimate of drug-likeness (QED) is 0.811. The first-order valence-electron chi connectivity index (χ1n) is 8.15. The molecular weight excluding hydrogens is 401 g/mol. The highest BCUT2D eigenvalue weighted by molar-refractivity contribution is 7.94. The first-order valence-corrected chi connectivity index (χ1v) is 10.4. The van der Waals surface area contributed by atoms with Gasteiger partial charge in [-0.15, -0.1) is 11.3 Å². The van der Waals surface area contributed by atoms with Gasteiger partial charge in [-0.25, -0.2) is 8.42 Å². The number of nitrogens with one attached hydrogen (secondary N) is 1. The number of rotatable bonds is 5. The number of hydrogen-bond acceptors (Lipinski definition) is 4. The number of fused-ring (bicyclic) bond motifs is 1. The Morgan fingerprint density at radius 1 is 1.26 bits per heavy atom. The summed E-state index contributed by atoms with van der Waals surface area (Å²) < 4.78 is 66.5. The Morgan fingerprint density at radius 3 is 2.67 bits per heavy atom. The summed E-state index contributed by atoms with van der Waals surface area (Å²) >= 11 is 1.06. The maximum atomic E-state index is 13.2. The number of carbonyl (C=O) groups excluding carboxylic acids is 1. The van der Waals surface area contributed by atoms with Gasteiger partial charge in [-0.05, 0) is 42.7 Å². The van der Waals surface area contributed by atoms with E-state index in [0.717, 1.165) is 26.6 Å². The molecule has 2 aromatic rings. The van der Waals surface area contributed by atoms with E-state index in [1.165, 1.54) is 25.1 Å². The van der Waals surface area contributed by atoms with Crippen molar-refractivity contribution in [3.8, 4) is 0 Å². The number of thiophene rings is 1. The highest BCUT2D eigenvalue weighted by Crippen LogP contribution is 2.41. The van der Waals surface area contributed by atoms with Crippen LogP contribution in [-0.4, -0.2) is 27.4 Å². The van der Waals surface area contributed by atoms with Crippen LogP contribution in [-0.2, 0) is 33.8 Å². The zero-order valence-electron chi connectivity index (χ0n) is 14.3. The van der Waals surface area contributed by atoms with E-state index in [-0.39, 0.29) is 34.3 Å². The minimum absolute atomic E-state index is 0.0102. The molecule has 0 spiro atoms. The van der Waals surface area contributed by atoms with Crippen LogP contribution in [0.2, 0.25) is 0 Å². The van der Waals surface area contributed by atoms with E-state index < -0.39 is 21.8 Å². The van der Waals surface area contributed by atoms with Gasteiger partial charge in [-0.2, -0.15) is 13.2 Å². The normalized spacial score (nSPS) is 14.3. The van der Waals surface area contributed by atoms with Gasteiger partial charge in [-0.3, -0.25) is 9.10 Å². The molecule has 10 heteroatoms. The van der Waals surface area contributed by atoms with Crippen LogP contribution in [0.1, 0.15) is 22.9 Å². The average Bonchev–Trinajstić information content (AvgIpc) is 3.20. The molecule has 1 N–H and O–H groups in total. The number of alkyl halides is 3. The predicted molar refractivity (Wildman–Crippen MR) is 96.4 cm³/mol. The molecule has 2 heterocycles. The van der Waals surface area contributed by atoms with Gasteiger partial charge < -0.3 is 5.32 Å². The van der Waals surface area contributed by atoms with E-state index >= 15 is 0 Å². The molecule has 5 nitrogen and oxygen atoms in total. The molecule has 3 rings (SSSR count). The van der Waals surface area contributed by atoms with Crippen molar-refractivity contribution in [2.45, 2.75) is 30.2 Å². The fourth-order valence-electron chi connectivity index (χ4n) is 3.02. The molecular formula is C17H17F3N2O3S2. The predicted octanol–water partition coefficient (Wildman–Crippen LogP) is 3.20. The van der Waals surface area contributed by atoms with Gasteiger partial charge in [0.2, 0.25) is 5.91 Å². The minimum atomic E-state index is -4.52. The van der Waals surface area contributed by atoms with E-state index in [9.17, 15) is 26.4 Å². The van der Waals surface area contributed by atoms with Gasteiger partial charge in [0.05, 0.1) is 11.3 Å². The van der Waals surface area contributed by atoms with Gasteiger partial charge in [0.1, 0.15) is 4.21 Å². The molecule has 1 aliphatic heterocycles. The molecule has 146 valence electrons. The lowest BCUT2D eigenvalue weighted by molar-refractivity contribution is -0.138. The molecule has 1 aromatic heterocycles. The van der Waals surface area contributed by atoms with Crippen molar-refractivity contribution < 1.29 is 26.4 Å². The van der Waals surface area contributed by atoms with Gasteiger partial charge in [-0.1, -0.05) is 6.07 Å². The summed E-state index contributed by atoms with van der Waals surface area (Å²) in [5.74, 6) is -0.173. The number of hydrogen-bond donors (Lipinski definition) is 1. The standard InChI is InChI=1S/C17H17F3N2O3S2/c1-11(23)21-9-7-12-5-6-16(26-12)27(24,25)22-10-8-13-14(17(18,19)20)3-2-4-15(13)22/h2-6H,7-10H2,1H3,(H,21,23). The summed E-state index contributed by atoms with van der Waals surface area (Å²) in [4.78, 5) is 11.7. The fraction of sp³-hybridized carbons (Fsp3) is 0.353. The van der Waals surface area contributed by atoms with Crippen molar-refractivity contribution in [1.82, 2.24) is 5.32 Å². The SMILES string of the molecule is CC(=O)NCCc1ccc(S(=O)(=O)N2CCc3c2cccc3C(F)(F)F)s1. The van der Waals surface area contributed by atoms with Crippen LogP contribution in [0.25, 0.3) is 0 Å². The van der Waals surface area contributed by atoms with Crippen molar-refractivity contribution in [2.24, 2.45) is 0 Å². The number of amides is 1. The van der Waals surface area contributed by atoms with Crippen LogP contribution >= 0.6 is 11.3 Å². The largest absolute Gasteiger partial charge is 0.416 e. The minimum Gasteiger partial charge on any atom is -0.356 e. The first kappa shape index (κ1) is 19.7. The van der Waals surface area contributed by atoms with Crippen LogP contribution in [0.3, 0.4) is 0 Å². The van der Waals surface area contributed by atoms with Gasteiger partial charge >= 0.3 is 6.18 Å². The Kier molecular flexibility index (Phi) is 5.22. The Bertz CT molecular complexity index is 968. The Morgan fingerprint density at radius 2 is 2.00 bits per heavy atom. The zero-order valence-corrected chi connectivity index (χ0v) is 16.0. The molecule has 0 atom stereocenters. The summed E-state index contributed by atoms with van der Waals surface area (Å²) in [6, 6.07) is 6.71. The van der Waals surface area contributed by atoms with Crippen LogP contribution < -0.4 is 9.62 Å². The highest BCUT2D eigenvalue weighted by atomic mass is 32.2. The molecule has 0 saturated carbocycles. The molecule has 0 radical (unpaired) electrons. The molecule has 0 aliphatic carbocycles. The second kappa shape index (κ2) is 7.16. The third-order valence-electron chi connectivity index (χ3n) is 4.22. The van der Waals surface area contributed by atoms with Crippen molar-refractivity contribution in [1.29, 1.82) is 0 Å².